The highest BCUT2D eigenvalue weighted by atomic mass is 16.8. The van der Waals surface area contributed by atoms with Crippen molar-refractivity contribution < 1.29 is 88.3 Å². The van der Waals surface area contributed by atoms with Crippen molar-refractivity contribution in [2.75, 3.05) is 27.4 Å². The van der Waals surface area contributed by atoms with E-state index >= 15 is 0 Å². The summed E-state index contributed by atoms with van der Waals surface area (Å²) in [4.78, 5) is 25.7. The van der Waals surface area contributed by atoms with Gasteiger partial charge >= 0.3 is 11.9 Å². The first-order chi connectivity index (χ1) is 24.3. The van der Waals surface area contributed by atoms with Crippen molar-refractivity contribution in [1.29, 1.82) is 0 Å². The molecule has 0 radical (unpaired) electrons. The Balaban J connectivity index is 1.26. The van der Waals surface area contributed by atoms with Crippen LogP contribution in [0.5, 0.6) is 11.5 Å². The average Bonchev–Trinajstić information content (AvgIpc) is 3.46. The first-order valence-corrected chi connectivity index (χ1v) is 16.3. The van der Waals surface area contributed by atoms with Gasteiger partial charge in [-0.05, 0) is 30.2 Å². The molecular weight excluding hydrogens is 684 g/mol. The monoisotopic (exact) mass is 728 g/mol. The predicted octanol–water partition coefficient (Wildman–Crippen LogP) is -2.70. The Morgan fingerprint density at radius 2 is 1.47 bits per heavy atom. The number of aliphatic hydroxyl groups excluding tert-OH is 8. The lowest BCUT2D eigenvalue weighted by molar-refractivity contribution is -0.342. The van der Waals surface area contributed by atoms with Crippen LogP contribution in [0.15, 0.2) is 36.1 Å². The molecule has 4 aliphatic rings. The number of benzene rings is 1. The summed E-state index contributed by atoms with van der Waals surface area (Å²) in [6.07, 6.45) is -13.1. The Morgan fingerprint density at radius 3 is 2.08 bits per heavy atom. The molecule has 18 nitrogen and oxygen atoms in total. The number of carbonyl (C=O) groups is 2. The quantitative estimate of drug-likeness (QED) is 0.0851. The van der Waals surface area contributed by atoms with Crippen LogP contribution in [0.2, 0.25) is 0 Å². The van der Waals surface area contributed by atoms with E-state index in [0.29, 0.717) is 5.56 Å². The number of ether oxygens (including phenoxy) is 8. The molecule has 1 aliphatic carbocycles. The van der Waals surface area contributed by atoms with Gasteiger partial charge in [0.1, 0.15) is 54.9 Å². The zero-order chi connectivity index (χ0) is 37.1. The predicted molar refractivity (Wildman–Crippen MR) is 167 cm³/mol. The SMILES string of the molecule is COC(=O)C1=CO[C@@H](O[C@@H]2O[C@H](CO)[C@@H](O)[C@H](O)[C@@H]2O)[C@H]2[C@@H](C)[C@@H](OC(=O)/C=C/c3ccc(O[C@H]4O[C@@H](CO)[C@@H](O)[C@H](O)[C@@H]4O)c(OC)c3)C[C@H]12. The summed E-state index contributed by atoms with van der Waals surface area (Å²) in [5.41, 5.74) is 0.658. The van der Waals surface area contributed by atoms with Crippen LogP contribution in [0.1, 0.15) is 18.9 Å². The van der Waals surface area contributed by atoms with Gasteiger partial charge in [0.15, 0.2) is 17.8 Å². The minimum Gasteiger partial charge on any atom is -0.493 e. The van der Waals surface area contributed by atoms with Crippen molar-refractivity contribution in [2.24, 2.45) is 17.8 Å². The number of carbonyl (C=O) groups excluding carboxylic acids is 2. The maximum atomic E-state index is 13.0. The molecule has 0 aromatic heterocycles. The van der Waals surface area contributed by atoms with Crippen molar-refractivity contribution >= 4 is 18.0 Å². The molecule has 3 aliphatic heterocycles. The van der Waals surface area contributed by atoms with Crippen LogP contribution < -0.4 is 9.47 Å². The molecule has 0 bridgehead atoms. The van der Waals surface area contributed by atoms with Gasteiger partial charge in [0, 0.05) is 23.8 Å². The molecule has 1 aromatic rings. The summed E-state index contributed by atoms with van der Waals surface area (Å²) in [6.45, 7) is 0.471. The topological polar surface area (TPSA) is 270 Å². The fraction of sp³-hybridized carbons (Fsp3) is 0.636. The first-order valence-electron chi connectivity index (χ1n) is 16.3. The lowest BCUT2D eigenvalue weighted by Crippen LogP contribution is -2.60. The number of rotatable bonds is 11. The third-order valence-corrected chi connectivity index (χ3v) is 9.68. The summed E-state index contributed by atoms with van der Waals surface area (Å²) in [6, 6.07) is 4.54. The van der Waals surface area contributed by atoms with Gasteiger partial charge in [-0.2, -0.15) is 0 Å². The molecule has 51 heavy (non-hydrogen) atoms. The Hall–Kier alpha value is -3.40. The van der Waals surface area contributed by atoms with Crippen LogP contribution in [0.3, 0.4) is 0 Å². The highest BCUT2D eigenvalue weighted by Crippen LogP contribution is 2.49. The van der Waals surface area contributed by atoms with Gasteiger partial charge < -0.3 is 78.7 Å². The van der Waals surface area contributed by atoms with Crippen molar-refractivity contribution in [3.8, 4) is 11.5 Å². The molecule has 3 fully saturated rings. The largest absolute Gasteiger partial charge is 0.493 e. The van der Waals surface area contributed by atoms with Gasteiger partial charge in [-0.3, -0.25) is 0 Å². The van der Waals surface area contributed by atoms with E-state index in [-0.39, 0.29) is 23.5 Å². The maximum absolute atomic E-state index is 13.0. The minimum atomic E-state index is -1.70. The second kappa shape index (κ2) is 16.5. The fourth-order valence-corrected chi connectivity index (χ4v) is 6.76. The molecule has 0 unspecified atom stereocenters. The number of methoxy groups -OCH3 is 2. The van der Waals surface area contributed by atoms with Crippen LogP contribution in [-0.2, 0) is 38.0 Å². The molecule has 18 heteroatoms. The van der Waals surface area contributed by atoms with E-state index in [1.807, 2.05) is 0 Å². The normalized spacial score (nSPS) is 39.4. The van der Waals surface area contributed by atoms with E-state index in [4.69, 9.17) is 37.9 Å². The zero-order valence-corrected chi connectivity index (χ0v) is 27.9. The first kappa shape index (κ1) is 38.8. The Kier molecular flexibility index (Phi) is 12.6. The van der Waals surface area contributed by atoms with Crippen molar-refractivity contribution in [2.45, 2.75) is 87.2 Å². The summed E-state index contributed by atoms with van der Waals surface area (Å²) < 4.78 is 44.3. The average molecular weight is 729 g/mol. The Labute approximate surface area is 291 Å². The van der Waals surface area contributed by atoms with Crippen LogP contribution >= 0.6 is 0 Å². The third-order valence-electron chi connectivity index (χ3n) is 9.68. The number of hydrogen-bond acceptors (Lipinski definition) is 18. The standard InChI is InChI=1S/C33H44O18/c1-13-18(9-15-16(30(43)45-3)12-46-31(23(13)15)51-33-29(42)27(40)25(38)21(11-35)50-33)47-22(36)7-5-14-4-6-17(19(8-14)44-2)48-32-28(41)26(39)24(37)20(10-34)49-32/h4-8,12-13,15,18,20-21,23-29,31-35,37-42H,9-11H2,1-3H3/b7-5+/t13-,15+,18-,20-,21+,23-,24+,25+,26-,27-,28-,29-,31-,32-,33-/m0/s1. The van der Waals surface area contributed by atoms with Gasteiger partial charge in [0.05, 0.1) is 39.3 Å². The molecule has 8 N–H and O–H groups in total. The highest BCUT2D eigenvalue weighted by Gasteiger charge is 2.54. The van der Waals surface area contributed by atoms with Gasteiger partial charge in [-0.15, -0.1) is 0 Å². The molecule has 284 valence electrons. The molecule has 5 rings (SSSR count). The second-order valence-electron chi connectivity index (χ2n) is 12.7. The third kappa shape index (κ3) is 8.01. The summed E-state index contributed by atoms with van der Waals surface area (Å²) in [5.74, 6) is -2.79. The van der Waals surface area contributed by atoms with E-state index in [9.17, 15) is 50.4 Å². The van der Waals surface area contributed by atoms with Gasteiger partial charge in [-0.1, -0.05) is 13.0 Å². The van der Waals surface area contributed by atoms with Gasteiger partial charge in [-0.25, -0.2) is 9.59 Å². The number of fused-ring (bicyclic) bond motifs is 1. The van der Waals surface area contributed by atoms with Crippen molar-refractivity contribution in [3.63, 3.8) is 0 Å². The number of hydrogen-bond donors (Lipinski definition) is 8. The van der Waals surface area contributed by atoms with Crippen LogP contribution in [0.4, 0.5) is 0 Å². The Morgan fingerprint density at radius 1 is 0.843 bits per heavy atom. The van der Waals surface area contributed by atoms with E-state index in [0.717, 1.165) is 6.26 Å². The lowest BCUT2D eigenvalue weighted by atomic mass is 9.83. The molecular formula is C33H44O18. The molecule has 0 amide bonds. The lowest BCUT2D eigenvalue weighted by Gasteiger charge is -2.43. The number of esters is 2. The van der Waals surface area contributed by atoms with E-state index in [2.05, 4.69) is 0 Å². The van der Waals surface area contributed by atoms with Crippen molar-refractivity contribution in [1.82, 2.24) is 0 Å². The minimum absolute atomic E-state index is 0.0983. The van der Waals surface area contributed by atoms with E-state index < -0.39 is 117 Å². The maximum Gasteiger partial charge on any atom is 0.337 e. The molecule has 2 saturated heterocycles. The second-order valence-corrected chi connectivity index (χ2v) is 12.7. The van der Waals surface area contributed by atoms with E-state index in [1.165, 1.54) is 38.5 Å². The molecule has 15 atom stereocenters. The highest BCUT2D eigenvalue weighted by molar-refractivity contribution is 5.89. The number of aliphatic hydroxyl groups is 8. The summed E-state index contributed by atoms with van der Waals surface area (Å²) in [5, 5.41) is 80.2. The van der Waals surface area contributed by atoms with Gasteiger partial charge in [0.2, 0.25) is 12.6 Å². The molecule has 3 heterocycles. The van der Waals surface area contributed by atoms with Crippen LogP contribution in [0, 0.1) is 17.8 Å². The Bertz CT molecular complexity index is 1430. The summed E-state index contributed by atoms with van der Waals surface area (Å²) >= 11 is 0. The molecule has 0 spiro atoms. The summed E-state index contributed by atoms with van der Waals surface area (Å²) in [7, 11) is 2.56. The zero-order valence-electron chi connectivity index (χ0n) is 27.9. The molecule has 1 aromatic carbocycles. The molecule has 1 saturated carbocycles. The van der Waals surface area contributed by atoms with Gasteiger partial charge in [0.25, 0.3) is 0 Å². The van der Waals surface area contributed by atoms with Crippen LogP contribution in [-0.4, -0.2) is 154 Å². The van der Waals surface area contributed by atoms with Crippen LogP contribution in [0.25, 0.3) is 6.08 Å². The fourth-order valence-electron chi connectivity index (χ4n) is 6.76. The van der Waals surface area contributed by atoms with Crippen molar-refractivity contribution in [3.05, 3.63) is 41.7 Å². The smallest absolute Gasteiger partial charge is 0.337 e. The van der Waals surface area contributed by atoms with E-state index in [1.54, 1.807) is 13.0 Å².